The Bertz CT molecular complexity index is 1960. The van der Waals surface area contributed by atoms with Gasteiger partial charge in [-0.05, 0) is 89.4 Å². The van der Waals surface area contributed by atoms with Crippen LogP contribution in [0.5, 0.6) is 0 Å². The second kappa shape index (κ2) is 14.5. The van der Waals surface area contributed by atoms with Gasteiger partial charge in [0.05, 0.1) is 26.9 Å². The maximum atomic E-state index is 14.3. The lowest BCUT2D eigenvalue weighted by molar-refractivity contribution is -0.122. The average molecular weight is 709 g/mol. The first-order valence-electron chi connectivity index (χ1n) is 16.0. The van der Waals surface area contributed by atoms with Gasteiger partial charge in [0.25, 0.3) is 11.8 Å². The number of halogens is 2. The van der Waals surface area contributed by atoms with E-state index < -0.39 is 44.7 Å². The van der Waals surface area contributed by atoms with Gasteiger partial charge in [-0.1, -0.05) is 18.2 Å². The molecule has 3 aromatic rings. The van der Waals surface area contributed by atoms with Crippen molar-refractivity contribution in [2.45, 2.75) is 82.8 Å². The van der Waals surface area contributed by atoms with E-state index in [4.69, 9.17) is 4.74 Å². The number of nitriles is 1. The fourth-order valence-corrected chi connectivity index (χ4v) is 6.66. The van der Waals surface area contributed by atoms with Crippen molar-refractivity contribution < 1.29 is 32.1 Å². The van der Waals surface area contributed by atoms with E-state index in [1.165, 1.54) is 32.2 Å². The maximum absolute atomic E-state index is 14.3. The van der Waals surface area contributed by atoms with Crippen LogP contribution in [0.1, 0.15) is 75.4 Å². The molecule has 0 spiro atoms. The van der Waals surface area contributed by atoms with Crippen molar-refractivity contribution in [2.24, 2.45) is 4.36 Å². The highest BCUT2D eigenvalue weighted by atomic mass is 32.2. The van der Waals surface area contributed by atoms with Crippen molar-refractivity contribution in [2.75, 3.05) is 29.6 Å². The molecule has 4 rings (SSSR count). The third kappa shape index (κ3) is 9.41. The van der Waals surface area contributed by atoms with Crippen molar-refractivity contribution in [1.29, 1.82) is 5.26 Å². The van der Waals surface area contributed by atoms with Crippen LogP contribution < -0.4 is 15.5 Å². The van der Waals surface area contributed by atoms with Crippen LogP contribution in [0.15, 0.2) is 64.0 Å². The van der Waals surface area contributed by atoms with Gasteiger partial charge in [-0.3, -0.25) is 9.59 Å². The van der Waals surface area contributed by atoms with E-state index in [9.17, 15) is 32.6 Å². The summed E-state index contributed by atoms with van der Waals surface area (Å²) in [6.07, 6.45) is 1.60. The summed E-state index contributed by atoms with van der Waals surface area (Å²) in [6.45, 7) is 9.89. The molecule has 1 aromatic heterocycles. The predicted octanol–water partition coefficient (Wildman–Crippen LogP) is 7.09. The molecule has 1 atom stereocenters. The zero-order valence-corrected chi connectivity index (χ0v) is 30.0. The van der Waals surface area contributed by atoms with Gasteiger partial charge in [-0.15, -0.1) is 0 Å². The lowest BCUT2D eigenvalue weighted by atomic mass is 9.97. The Morgan fingerprint density at radius 1 is 1.06 bits per heavy atom. The molecule has 1 saturated heterocycles. The fourth-order valence-electron chi connectivity index (χ4n) is 5.33. The highest BCUT2D eigenvalue weighted by Crippen LogP contribution is 2.35. The molecule has 11 nitrogen and oxygen atoms in total. The number of alkyl carbamates (subject to hydrolysis) is 1. The molecule has 1 aliphatic rings. The smallest absolute Gasteiger partial charge is 0.408 e. The average Bonchev–Trinajstić information content (AvgIpc) is 3.19. The molecular weight excluding hydrogens is 666 g/mol. The molecule has 0 radical (unpaired) electrons. The van der Waals surface area contributed by atoms with Gasteiger partial charge in [0, 0.05) is 54.5 Å². The van der Waals surface area contributed by atoms with Crippen LogP contribution in [0.2, 0.25) is 0 Å². The number of hydrogen-bond donors (Lipinski definition) is 2. The Morgan fingerprint density at radius 2 is 1.74 bits per heavy atom. The minimum Gasteiger partial charge on any atom is -0.444 e. The van der Waals surface area contributed by atoms with Gasteiger partial charge in [0.1, 0.15) is 17.0 Å². The number of aromatic nitrogens is 1. The Labute approximate surface area is 291 Å². The second-order valence-electron chi connectivity index (χ2n) is 13.8. The monoisotopic (exact) mass is 708 g/mol. The number of ether oxygens (including phenoxy) is 1. The number of alkyl halides is 2. The molecule has 0 saturated carbocycles. The van der Waals surface area contributed by atoms with E-state index in [0.717, 1.165) is 0 Å². The Kier molecular flexibility index (Phi) is 11.0. The van der Waals surface area contributed by atoms with Crippen LogP contribution in [0, 0.1) is 18.3 Å². The minimum absolute atomic E-state index is 0.00200. The van der Waals surface area contributed by atoms with Gasteiger partial charge in [0.15, 0.2) is 0 Å². The van der Waals surface area contributed by atoms with Crippen LogP contribution in [0.25, 0.3) is 11.1 Å². The van der Waals surface area contributed by atoms with Crippen molar-refractivity contribution >= 4 is 39.1 Å². The molecule has 14 heteroatoms. The maximum Gasteiger partial charge on any atom is 0.408 e. The van der Waals surface area contributed by atoms with E-state index in [-0.39, 0.29) is 54.3 Å². The number of hydrogen-bond acceptors (Lipinski definition) is 8. The van der Waals surface area contributed by atoms with Crippen molar-refractivity contribution in [3.63, 3.8) is 0 Å². The summed E-state index contributed by atoms with van der Waals surface area (Å²) in [4.78, 5) is 46.0. The van der Waals surface area contributed by atoms with Gasteiger partial charge in [-0.2, -0.15) is 9.62 Å². The zero-order chi connectivity index (χ0) is 37.1. The molecule has 0 bridgehead atoms. The largest absolute Gasteiger partial charge is 0.444 e. The van der Waals surface area contributed by atoms with Gasteiger partial charge in [0.2, 0.25) is 5.92 Å². The van der Waals surface area contributed by atoms with E-state index >= 15 is 0 Å². The van der Waals surface area contributed by atoms with E-state index in [1.807, 2.05) is 0 Å². The third-order valence-electron chi connectivity index (χ3n) is 8.02. The quantitative estimate of drug-likeness (QED) is 0.264. The number of amides is 3. The topological polar surface area (TPSA) is 154 Å². The Hall–Kier alpha value is -4.90. The van der Waals surface area contributed by atoms with Crippen LogP contribution in [-0.4, -0.2) is 63.5 Å². The van der Waals surface area contributed by atoms with Crippen molar-refractivity contribution in [1.82, 2.24) is 10.3 Å². The van der Waals surface area contributed by atoms with E-state index in [0.29, 0.717) is 22.3 Å². The van der Waals surface area contributed by atoms with Crippen LogP contribution >= 0.6 is 0 Å². The number of rotatable bonds is 7. The Morgan fingerprint density at radius 3 is 2.38 bits per heavy atom. The number of anilines is 2. The number of nitrogens with one attached hydrogen (secondary N) is 2. The zero-order valence-electron chi connectivity index (χ0n) is 29.2. The van der Waals surface area contributed by atoms with Crippen LogP contribution in [0.3, 0.4) is 0 Å². The van der Waals surface area contributed by atoms with E-state index in [1.54, 1.807) is 75.2 Å². The lowest BCUT2D eigenvalue weighted by Gasteiger charge is -2.26. The van der Waals surface area contributed by atoms with Crippen LogP contribution in [0.4, 0.5) is 25.1 Å². The molecule has 0 unspecified atom stereocenters. The summed E-state index contributed by atoms with van der Waals surface area (Å²) in [7, 11) is -3.37. The first kappa shape index (κ1) is 37.9. The summed E-state index contributed by atoms with van der Waals surface area (Å²) in [5, 5.41) is 14.5. The molecule has 266 valence electrons. The van der Waals surface area contributed by atoms with E-state index in [2.05, 4.69) is 26.0 Å². The summed E-state index contributed by atoms with van der Waals surface area (Å²) < 4.78 is 51.5. The molecule has 2 heterocycles. The number of carbonyl (C=O) groups is 3. The van der Waals surface area contributed by atoms with Gasteiger partial charge < -0.3 is 20.3 Å². The van der Waals surface area contributed by atoms with Gasteiger partial charge >= 0.3 is 6.09 Å². The molecule has 50 heavy (non-hydrogen) atoms. The minimum atomic E-state index is -3.37. The first-order valence-corrected chi connectivity index (χ1v) is 18.0. The molecule has 1 aliphatic heterocycles. The second-order valence-corrected chi connectivity index (χ2v) is 16.1. The summed E-state index contributed by atoms with van der Waals surface area (Å²) >= 11 is 0. The highest BCUT2D eigenvalue weighted by Gasteiger charge is 2.35. The summed E-state index contributed by atoms with van der Waals surface area (Å²) in [6, 6.07) is 14.9. The number of benzene rings is 2. The molecule has 0 aliphatic carbocycles. The summed E-state index contributed by atoms with van der Waals surface area (Å²) in [5.41, 5.74) is 0.416. The number of nitrogens with zero attached hydrogens (tertiary/aromatic N) is 4. The summed E-state index contributed by atoms with van der Waals surface area (Å²) in [5.74, 6) is -3.99. The lowest BCUT2D eigenvalue weighted by Crippen LogP contribution is -2.50. The predicted molar refractivity (Wildman–Crippen MR) is 188 cm³/mol. The van der Waals surface area contributed by atoms with Gasteiger partial charge in [-0.25, -0.2) is 22.8 Å². The SMILES string of the molecule is Cc1c(-c2ccc(C#N)cc2)cnc(N2CCCC(F)(F)CC2)c1C(=O)Nc1cccc([S@@](C)(=O)=NC(=O)C(C)(C)NC(=O)OC(C)(C)C)c1. The van der Waals surface area contributed by atoms with Crippen LogP contribution in [-0.2, 0) is 19.3 Å². The molecule has 2 aromatic carbocycles. The molecular formula is C36H42F2N6O5S. The fraction of sp³-hybridized carbons (Fsp3) is 0.417. The normalized spacial score (nSPS) is 15.9. The molecule has 1 fully saturated rings. The highest BCUT2D eigenvalue weighted by molar-refractivity contribution is 7.93. The molecule has 2 N–H and O–H groups in total. The number of pyridine rings is 1. The first-order chi connectivity index (χ1) is 23.2. The standard InChI is InChI=1S/C36H42F2N6O5S/c1-23-28(25-14-12-24(21-39)13-15-25)22-40-30(44-18-9-16-36(37,38)17-19-44)29(23)31(45)41-26-10-8-11-27(20-26)50(7,48)43-32(46)35(5,6)42-33(47)49-34(2,3)4/h8,10-15,20,22H,9,16-19H2,1-7H3,(H,41,45)(H,42,47)/t50-/m1/s1. The number of carbonyl (C=O) groups excluding carboxylic acids is 3. The Balaban J connectivity index is 1.68. The molecule has 3 amide bonds. The van der Waals surface area contributed by atoms with Crippen molar-refractivity contribution in [3.05, 3.63) is 71.4 Å². The van der Waals surface area contributed by atoms with Crippen molar-refractivity contribution in [3.8, 4) is 17.2 Å². The third-order valence-corrected chi connectivity index (χ3v) is 9.67.